The minimum absolute atomic E-state index is 0.0556. The first-order chi connectivity index (χ1) is 9.04. The molecule has 4 nitrogen and oxygen atoms in total. The van der Waals surface area contributed by atoms with Gasteiger partial charge in [0, 0.05) is 17.6 Å². The Morgan fingerprint density at radius 1 is 1.32 bits per heavy atom. The van der Waals surface area contributed by atoms with Crippen molar-refractivity contribution < 1.29 is 14.7 Å². The van der Waals surface area contributed by atoms with Gasteiger partial charge in [-0.3, -0.25) is 4.79 Å². The second kappa shape index (κ2) is 5.43. The lowest BCUT2D eigenvalue weighted by atomic mass is 10.1. The van der Waals surface area contributed by atoms with Gasteiger partial charge in [0.05, 0.1) is 5.56 Å². The van der Waals surface area contributed by atoms with Crippen LogP contribution in [-0.2, 0) is 0 Å². The second-order valence-electron chi connectivity index (χ2n) is 5.09. The maximum atomic E-state index is 12.5. The molecule has 0 aliphatic carbocycles. The van der Waals surface area contributed by atoms with Crippen molar-refractivity contribution in [3.05, 3.63) is 35.4 Å². The lowest BCUT2D eigenvalue weighted by Crippen LogP contribution is -2.39. The van der Waals surface area contributed by atoms with E-state index in [0.29, 0.717) is 5.56 Å². The van der Waals surface area contributed by atoms with Crippen LogP contribution in [0.5, 0.6) is 0 Å². The van der Waals surface area contributed by atoms with Gasteiger partial charge in [-0.2, -0.15) is 0 Å². The van der Waals surface area contributed by atoms with E-state index in [1.165, 1.54) is 12.1 Å². The Hall–Kier alpha value is -1.84. The molecule has 1 aliphatic heterocycles. The Balaban J connectivity index is 2.28. The summed E-state index contributed by atoms with van der Waals surface area (Å²) in [6.45, 7) is 4.13. The Bertz CT molecular complexity index is 498. The molecular formula is C15H19NO3. The fourth-order valence-corrected chi connectivity index (χ4v) is 2.77. The molecule has 1 aliphatic rings. The number of carboxylic acid groups (broad SMARTS) is 1. The number of carbonyl (C=O) groups is 2. The van der Waals surface area contributed by atoms with Crippen molar-refractivity contribution in [3.8, 4) is 0 Å². The summed E-state index contributed by atoms with van der Waals surface area (Å²) < 4.78 is 0. The molecule has 1 aromatic rings. The predicted molar refractivity (Wildman–Crippen MR) is 72.3 cm³/mol. The molecule has 0 saturated carbocycles. The van der Waals surface area contributed by atoms with Crippen LogP contribution in [0.1, 0.15) is 53.8 Å². The van der Waals surface area contributed by atoms with Gasteiger partial charge >= 0.3 is 5.97 Å². The van der Waals surface area contributed by atoms with Crippen molar-refractivity contribution in [2.45, 2.75) is 45.2 Å². The van der Waals surface area contributed by atoms with Gasteiger partial charge in [0.1, 0.15) is 0 Å². The number of rotatable bonds is 3. The summed E-state index contributed by atoms with van der Waals surface area (Å²) in [4.78, 5) is 25.4. The van der Waals surface area contributed by atoms with Crippen LogP contribution in [0.2, 0.25) is 0 Å². The standard InChI is InChI=1S/C15H19NO3/c1-3-13-8-7-10(2)16(13)14(17)11-5-4-6-12(9-11)15(18)19/h4-6,9-10,13H,3,7-8H2,1-2H3,(H,18,19). The summed E-state index contributed by atoms with van der Waals surface area (Å²) in [5, 5.41) is 8.98. The van der Waals surface area contributed by atoms with Crippen LogP contribution in [0.3, 0.4) is 0 Å². The quantitative estimate of drug-likeness (QED) is 0.910. The fourth-order valence-electron chi connectivity index (χ4n) is 2.77. The molecule has 19 heavy (non-hydrogen) atoms. The van der Waals surface area contributed by atoms with E-state index in [1.54, 1.807) is 12.1 Å². The lowest BCUT2D eigenvalue weighted by molar-refractivity contribution is 0.0676. The molecule has 0 spiro atoms. The van der Waals surface area contributed by atoms with E-state index >= 15 is 0 Å². The highest BCUT2D eigenvalue weighted by Crippen LogP contribution is 2.27. The van der Waals surface area contributed by atoms with E-state index in [9.17, 15) is 9.59 Å². The molecule has 2 rings (SSSR count). The van der Waals surface area contributed by atoms with E-state index in [2.05, 4.69) is 13.8 Å². The molecule has 1 fully saturated rings. The van der Waals surface area contributed by atoms with Gasteiger partial charge in [-0.25, -0.2) is 4.79 Å². The van der Waals surface area contributed by atoms with Gasteiger partial charge in [0.2, 0.25) is 0 Å². The number of hydrogen-bond donors (Lipinski definition) is 1. The van der Waals surface area contributed by atoms with Crippen molar-refractivity contribution in [1.82, 2.24) is 4.90 Å². The van der Waals surface area contributed by atoms with Crippen molar-refractivity contribution in [3.63, 3.8) is 0 Å². The lowest BCUT2D eigenvalue weighted by Gasteiger charge is -2.28. The molecule has 0 bridgehead atoms. The monoisotopic (exact) mass is 261 g/mol. The normalized spacial score (nSPS) is 22.5. The SMILES string of the molecule is CCC1CCC(C)N1C(=O)c1cccc(C(=O)O)c1. The first-order valence-electron chi connectivity index (χ1n) is 6.70. The third kappa shape index (κ3) is 2.62. The van der Waals surface area contributed by atoms with E-state index in [4.69, 9.17) is 5.11 Å². The first-order valence-corrected chi connectivity index (χ1v) is 6.70. The highest BCUT2D eigenvalue weighted by atomic mass is 16.4. The van der Waals surface area contributed by atoms with Crippen LogP contribution in [-0.4, -0.2) is 34.0 Å². The van der Waals surface area contributed by atoms with Gasteiger partial charge in [0.25, 0.3) is 5.91 Å². The van der Waals surface area contributed by atoms with Crippen LogP contribution < -0.4 is 0 Å². The number of carboxylic acids is 1. The molecule has 0 radical (unpaired) electrons. The summed E-state index contributed by atoms with van der Waals surface area (Å²) in [6.07, 6.45) is 2.99. The average Bonchev–Trinajstić information content (AvgIpc) is 2.79. The second-order valence-corrected chi connectivity index (χ2v) is 5.09. The number of carbonyl (C=O) groups excluding carboxylic acids is 1. The molecule has 0 aromatic heterocycles. The summed E-state index contributed by atoms with van der Waals surface area (Å²) in [5.74, 6) is -1.06. The van der Waals surface area contributed by atoms with Crippen LogP contribution in [0.25, 0.3) is 0 Å². The Kier molecular flexibility index (Phi) is 3.88. The van der Waals surface area contributed by atoms with Gasteiger partial charge < -0.3 is 10.0 Å². The minimum Gasteiger partial charge on any atom is -0.478 e. The molecule has 2 atom stereocenters. The third-order valence-corrected chi connectivity index (χ3v) is 3.85. The topological polar surface area (TPSA) is 57.6 Å². The van der Waals surface area contributed by atoms with Gasteiger partial charge in [-0.05, 0) is 44.4 Å². The van der Waals surface area contributed by atoms with Crippen molar-refractivity contribution >= 4 is 11.9 Å². The van der Waals surface area contributed by atoms with Crippen LogP contribution in [0, 0.1) is 0 Å². The molecule has 1 saturated heterocycles. The van der Waals surface area contributed by atoms with E-state index < -0.39 is 5.97 Å². The van der Waals surface area contributed by atoms with Crippen molar-refractivity contribution in [2.75, 3.05) is 0 Å². The molecule has 1 heterocycles. The van der Waals surface area contributed by atoms with Gasteiger partial charge in [-0.1, -0.05) is 13.0 Å². The zero-order valence-corrected chi connectivity index (χ0v) is 11.3. The smallest absolute Gasteiger partial charge is 0.335 e. The fraction of sp³-hybridized carbons (Fsp3) is 0.467. The van der Waals surface area contributed by atoms with E-state index in [0.717, 1.165) is 19.3 Å². The Morgan fingerprint density at radius 3 is 2.63 bits per heavy atom. The zero-order chi connectivity index (χ0) is 14.0. The van der Waals surface area contributed by atoms with Gasteiger partial charge in [-0.15, -0.1) is 0 Å². The highest BCUT2D eigenvalue weighted by Gasteiger charge is 2.33. The minimum atomic E-state index is -1.00. The molecule has 1 aromatic carbocycles. The molecular weight excluding hydrogens is 242 g/mol. The van der Waals surface area contributed by atoms with E-state index in [-0.39, 0.29) is 23.6 Å². The van der Waals surface area contributed by atoms with Gasteiger partial charge in [0.15, 0.2) is 0 Å². The molecule has 1 amide bonds. The largest absolute Gasteiger partial charge is 0.478 e. The Morgan fingerprint density at radius 2 is 2.00 bits per heavy atom. The Labute approximate surface area is 113 Å². The summed E-state index contributed by atoms with van der Waals surface area (Å²) in [7, 11) is 0. The average molecular weight is 261 g/mol. The third-order valence-electron chi connectivity index (χ3n) is 3.85. The zero-order valence-electron chi connectivity index (χ0n) is 11.3. The first kappa shape index (κ1) is 13.6. The summed E-state index contributed by atoms with van der Waals surface area (Å²) in [5.41, 5.74) is 0.623. The highest BCUT2D eigenvalue weighted by molar-refractivity contribution is 5.97. The summed E-state index contributed by atoms with van der Waals surface area (Å²) >= 11 is 0. The van der Waals surface area contributed by atoms with Crippen LogP contribution in [0.15, 0.2) is 24.3 Å². The molecule has 1 N–H and O–H groups in total. The van der Waals surface area contributed by atoms with Crippen molar-refractivity contribution in [2.24, 2.45) is 0 Å². The predicted octanol–water partition coefficient (Wildman–Crippen LogP) is 2.79. The molecule has 2 unspecified atom stereocenters. The maximum absolute atomic E-state index is 12.5. The number of nitrogens with zero attached hydrogens (tertiary/aromatic N) is 1. The summed E-state index contributed by atoms with van der Waals surface area (Å²) in [6, 6.07) is 6.78. The van der Waals surface area contributed by atoms with E-state index in [1.807, 2.05) is 4.90 Å². The number of likely N-dealkylation sites (tertiary alicyclic amines) is 1. The maximum Gasteiger partial charge on any atom is 0.335 e. The number of aromatic carboxylic acids is 1. The van der Waals surface area contributed by atoms with Crippen LogP contribution in [0.4, 0.5) is 0 Å². The number of amides is 1. The van der Waals surface area contributed by atoms with Crippen LogP contribution >= 0.6 is 0 Å². The van der Waals surface area contributed by atoms with Crippen molar-refractivity contribution in [1.29, 1.82) is 0 Å². The number of hydrogen-bond acceptors (Lipinski definition) is 2. The molecule has 4 heteroatoms. The number of benzene rings is 1. The molecule has 102 valence electrons.